The summed E-state index contributed by atoms with van der Waals surface area (Å²) in [5, 5.41) is -0.359. The van der Waals surface area contributed by atoms with Crippen molar-refractivity contribution in [1.29, 1.82) is 0 Å². The van der Waals surface area contributed by atoms with E-state index in [2.05, 4.69) is 4.98 Å². The van der Waals surface area contributed by atoms with Gasteiger partial charge in [-0.1, -0.05) is 25.4 Å². The Bertz CT molecular complexity index is 333. The molecule has 0 aliphatic heterocycles. The van der Waals surface area contributed by atoms with Crippen LogP contribution in [0.5, 0.6) is 0 Å². The Labute approximate surface area is 84.9 Å². The van der Waals surface area contributed by atoms with E-state index in [1.807, 2.05) is 0 Å². The van der Waals surface area contributed by atoms with Crippen molar-refractivity contribution in [2.24, 2.45) is 0 Å². The Morgan fingerprint density at radius 2 is 1.93 bits per heavy atom. The van der Waals surface area contributed by atoms with Crippen molar-refractivity contribution in [3.8, 4) is 0 Å². The van der Waals surface area contributed by atoms with E-state index in [-0.39, 0.29) is 10.9 Å². The van der Waals surface area contributed by atoms with E-state index in [4.69, 9.17) is 11.6 Å². The lowest BCUT2D eigenvalue weighted by Crippen LogP contribution is -2.08. The van der Waals surface area contributed by atoms with Crippen LogP contribution < -0.4 is 0 Å². The lowest BCUT2D eigenvalue weighted by Gasteiger charge is -2.11. The van der Waals surface area contributed by atoms with Gasteiger partial charge in [-0.2, -0.15) is 13.2 Å². The third-order valence-electron chi connectivity index (χ3n) is 1.77. The number of hydrogen-bond acceptors (Lipinski definition) is 1. The highest BCUT2D eigenvalue weighted by Gasteiger charge is 2.33. The van der Waals surface area contributed by atoms with Crippen LogP contribution in [0, 0.1) is 0 Å². The number of rotatable bonds is 1. The van der Waals surface area contributed by atoms with Crippen LogP contribution in [0.1, 0.15) is 31.0 Å². The van der Waals surface area contributed by atoms with Crippen LogP contribution in [0.3, 0.4) is 0 Å². The fraction of sp³-hybridized carbons (Fsp3) is 0.444. The Balaban J connectivity index is 3.22. The van der Waals surface area contributed by atoms with E-state index < -0.39 is 11.7 Å². The summed E-state index contributed by atoms with van der Waals surface area (Å²) in [6.45, 7) is 3.55. The van der Waals surface area contributed by atoms with Gasteiger partial charge in [0.1, 0.15) is 0 Å². The first-order chi connectivity index (χ1) is 6.32. The minimum absolute atomic E-state index is 0.0478. The average molecular weight is 224 g/mol. The summed E-state index contributed by atoms with van der Waals surface area (Å²) < 4.78 is 37.1. The summed E-state index contributed by atoms with van der Waals surface area (Å²) in [6.07, 6.45) is -3.37. The molecule has 0 saturated heterocycles. The highest BCUT2D eigenvalue weighted by Crippen LogP contribution is 2.35. The van der Waals surface area contributed by atoms with Crippen molar-refractivity contribution in [3.05, 3.63) is 28.5 Å². The number of nitrogens with zero attached hydrogens (tertiary/aromatic N) is 1. The predicted molar refractivity (Wildman–Crippen MR) is 48.3 cm³/mol. The third kappa shape index (κ3) is 2.38. The van der Waals surface area contributed by atoms with Gasteiger partial charge in [-0.15, -0.1) is 0 Å². The van der Waals surface area contributed by atoms with Crippen molar-refractivity contribution >= 4 is 11.6 Å². The monoisotopic (exact) mass is 223 g/mol. The fourth-order valence-electron chi connectivity index (χ4n) is 0.988. The summed E-state index contributed by atoms with van der Waals surface area (Å²) in [7, 11) is 0. The Morgan fingerprint density at radius 3 is 2.36 bits per heavy atom. The largest absolute Gasteiger partial charge is 0.417 e. The molecule has 1 nitrogen and oxygen atoms in total. The maximum absolute atomic E-state index is 12.4. The molecule has 0 bridgehead atoms. The third-order valence-corrected chi connectivity index (χ3v) is 2.07. The standard InChI is InChI=1S/C9H9ClF3N/c1-5(2)8-3-6(9(11,12)13)7(10)4-14-8/h3-5H,1-2H3. The Morgan fingerprint density at radius 1 is 1.36 bits per heavy atom. The lowest BCUT2D eigenvalue weighted by atomic mass is 10.1. The molecular weight excluding hydrogens is 215 g/mol. The molecule has 0 atom stereocenters. The molecule has 0 unspecified atom stereocenters. The lowest BCUT2D eigenvalue weighted by molar-refractivity contribution is -0.137. The molecule has 14 heavy (non-hydrogen) atoms. The molecule has 0 spiro atoms. The van der Waals surface area contributed by atoms with E-state index in [1.54, 1.807) is 13.8 Å². The number of halogens is 4. The van der Waals surface area contributed by atoms with Gasteiger partial charge in [0, 0.05) is 11.9 Å². The zero-order valence-electron chi connectivity index (χ0n) is 7.69. The highest BCUT2D eigenvalue weighted by atomic mass is 35.5. The van der Waals surface area contributed by atoms with Crippen molar-refractivity contribution in [2.75, 3.05) is 0 Å². The first-order valence-corrected chi connectivity index (χ1v) is 4.43. The minimum atomic E-state index is -4.41. The first kappa shape index (κ1) is 11.3. The van der Waals surface area contributed by atoms with E-state index in [0.717, 1.165) is 12.3 Å². The van der Waals surface area contributed by atoms with Gasteiger partial charge in [0.05, 0.1) is 10.6 Å². The van der Waals surface area contributed by atoms with Crippen LogP contribution in [0.4, 0.5) is 13.2 Å². The molecule has 78 valence electrons. The van der Waals surface area contributed by atoms with Crippen LogP contribution in [-0.4, -0.2) is 4.98 Å². The van der Waals surface area contributed by atoms with Gasteiger partial charge < -0.3 is 0 Å². The van der Waals surface area contributed by atoms with Gasteiger partial charge in [0.15, 0.2) is 0 Å². The zero-order valence-corrected chi connectivity index (χ0v) is 8.45. The summed E-state index contributed by atoms with van der Waals surface area (Å²) in [6, 6.07) is 0.993. The second-order valence-electron chi connectivity index (χ2n) is 3.24. The highest BCUT2D eigenvalue weighted by molar-refractivity contribution is 6.31. The molecule has 1 heterocycles. The zero-order chi connectivity index (χ0) is 10.9. The molecule has 1 aromatic rings. The van der Waals surface area contributed by atoms with E-state index in [1.165, 1.54) is 0 Å². The van der Waals surface area contributed by atoms with Gasteiger partial charge in [0.25, 0.3) is 0 Å². The number of aromatic nitrogens is 1. The molecule has 0 radical (unpaired) electrons. The quantitative estimate of drug-likeness (QED) is 0.704. The van der Waals surface area contributed by atoms with E-state index in [9.17, 15) is 13.2 Å². The summed E-state index contributed by atoms with van der Waals surface area (Å²) in [5.41, 5.74) is -0.431. The second-order valence-corrected chi connectivity index (χ2v) is 3.65. The van der Waals surface area contributed by atoms with Crippen molar-refractivity contribution in [3.63, 3.8) is 0 Å². The van der Waals surface area contributed by atoms with E-state index in [0.29, 0.717) is 5.69 Å². The fourth-order valence-corrected chi connectivity index (χ4v) is 1.20. The van der Waals surface area contributed by atoms with Crippen LogP contribution in [0.15, 0.2) is 12.3 Å². The summed E-state index contributed by atoms with van der Waals surface area (Å²) in [5.74, 6) is -0.0478. The maximum Gasteiger partial charge on any atom is 0.417 e. The molecule has 0 aliphatic carbocycles. The number of pyridine rings is 1. The normalized spacial score (nSPS) is 12.2. The molecule has 5 heteroatoms. The first-order valence-electron chi connectivity index (χ1n) is 4.05. The number of hydrogen-bond donors (Lipinski definition) is 0. The molecule has 0 aromatic carbocycles. The Hall–Kier alpha value is -0.770. The Kier molecular flexibility index (Phi) is 3.04. The smallest absolute Gasteiger partial charge is 0.259 e. The summed E-state index contributed by atoms with van der Waals surface area (Å²) >= 11 is 5.40. The predicted octanol–water partition coefficient (Wildman–Crippen LogP) is 3.88. The van der Waals surface area contributed by atoms with Crippen molar-refractivity contribution in [2.45, 2.75) is 25.9 Å². The van der Waals surface area contributed by atoms with Crippen LogP contribution in [0.25, 0.3) is 0 Å². The molecule has 0 fully saturated rings. The van der Waals surface area contributed by atoms with Crippen LogP contribution in [0.2, 0.25) is 5.02 Å². The SMILES string of the molecule is CC(C)c1cc(C(F)(F)F)c(Cl)cn1. The summed E-state index contributed by atoms with van der Waals surface area (Å²) in [4.78, 5) is 3.82. The molecule has 0 N–H and O–H groups in total. The van der Waals surface area contributed by atoms with Gasteiger partial charge in [0.2, 0.25) is 0 Å². The molecule has 0 saturated carbocycles. The topological polar surface area (TPSA) is 12.9 Å². The van der Waals surface area contributed by atoms with Gasteiger partial charge in [-0.3, -0.25) is 4.98 Å². The van der Waals surface area contributed by atoms with E-state index >= 15 is 0 Å². The average Bonchev–Trinajstić information content (AvgIpc) is 2.02. The molecular formula is C9H9ClF3N. The van der Waals surface area contributed by atoms with Gasteiger partial charge in [-0.25, -0.2) is 0 Å². The molecule has 1 rings (SSSR count). The van der Waals surface area contributed by atoms with Crippen molar-refractivity contribution < 1.29 is 13.2 Å². The second kappa shape index (κ2) is 3.77. The minimum Gasteiger partial charge on any atom is -0.259 e. The number of alkyl halides is 3. The van der Waals surface area contributed by atoms with Crippen molar-refractivity contribution in [1.82, 2.24) is 4.98 Å². The molecule has 1 aromatic heterocycles. The molecule has 0 amide bonds. The van der Waals surface area contributed by atoms with Crippen LogP contribution >= 0.6 is 11.6 Å². The van der Waals surface area contributed by atoms with Gasteiger partial charge in [-0.05, 0) is 12.0 Å². The van der Waals surface area contributed by atoms with Gasteiger partial charge >= 0.3 is 6.18 Å². The molecule has 0 aliphatic rings. The van der Waals surface area contributed by atoms with Crippen LogP contribution in [-0.2, 0) is 6.18 Å². The maximum atomic E-state index is 12.4.